The van der Waals surface area contributed by atoms with Crippen LogP contribution < -0.4 is 0 Å². The lowest BCUT2D eigenvalue weighted by Crippen LogP contribution is -2.13. The fourth-order valence-electron chi connectivity index (χ4n) is 1.84. The maximum Gasteiger partial charge on any atom is 0.313 e. The number of carbonyl (C=O) groups is 3. The van der Waals surface area contributed by atoms with Crippen LogP contribution in [0.2, 0.25) is 0 Å². The quantitative estimate of drug-likeness (QED) is 0.603. The molecule has 132 valence electrons. The molecule has 0 fully saturated rings. The van der Waals surface area contributed by atoms with Gasteiger partial charge >= 0.3 is 11.9 Å². The molecule has 2 aromatic heterocycles. The standard InChI is InChI=1S/C11H13NO3.C7H7NO2/c1-2-15-11(14)7-10(13)6-9-4-3-5-12-8-9;9-7(10)4-6-2-1-3-8-5-6/h3-5,8H,2,6-7H2,1H3;1-3,5H,4H2,(H,9,10). The van der Waals surface area contributed by atoms with Gasteiger partial charge in [-0.15, -0.1) is 0 Å². The number of rotatable bonds is 7. The lowest BCUT2D eigenvalue weighted by molar-refractivity contribution is -0.145. The molecule has 25 heavy (non-hydrogen) atoms. The minimum atomic E-state index is -0.826. The van der Waals surface area contributed by atoms with Crippen LogP contribution in [-0.4, -0.2) is 39.4 Å². The summed E-state index contributed by atoms with van der Waals surface area (Å²) in [5, 5.41) is 8.34. The van der Waals surface area contributed by atoms with Gasteiger partial charge in [0.1, 0.15) is 12.2 Å². The molecule has 2 heterocycles. The van der Waals surface area contributed by atoms with Crippen molar-refractivity contribution in [1.29, 1.82) is 0 Å². The molecule has 0 spiro atoms. The van der Waals surface area contributed by atoms with E-state index in [1.54, 1.807) is 56.0 Å². The van der Waals surface area contributed by atoms with E-state index in [2.05, 4.69) is 14.7 Å². The first-order valence-electron chi connectivity index (χ1n) is 7.68. The minimum Gasteiger partial charge on any atom is -0.481 e. The third kappa shape index (κ3) is 9.60. The van der Waals surface area contributed by atoms with E-state index in [0.29, 0.717) is 6.61 Å². The number of carbonyl (C=O) groups excluding carboxylic acids is 2. The average Bonchev–Trinajstić information content (AvgIpc) is 2.56. The summed E-state index contributed by atoms with van der Waals surface area (Å²) < 4.78 is 4.67. The topological polar surface area (TPSA) is 106 Å². The third-order valence-corrected chi connectivity index (χ3v) is 2.85. The van der Waals surface area contributed by atoms with Gasteiger partial charge in [-0.2, -0.15) is 0 Å². The van der Waals surface area contributed by atoms with E-state index in [-0.39, 0.29) is 25.0 Å². The molecule has 1 N–H and O–H groups in total. The summed E-state index contributed by atoms with van der Waals surface area (Å²) in [6, 6.07) is 7.02. The van der Waals surface area contributed by atoms with Gasteiger partial charge in [0.15, 0.2) is 0 Å². The average molecular weight is 344 g/mol. The number of ketones is 1. The molecule has 0 atom stereocenters. The molecule has 0 saturated heterocycles. The van der Waals surface area contributed by atoms with E-state index in [1.165, 1.54) is 0 Å². The number of esters is 1. The number of pyridine rings is 2. The van der Waals surface area contributed by atoms with Crippen LogP contribution in [0.15, 0.2) is 49.1 Å². The lowest BCUT2D eigenvalue weighted by atomic mass is 10.1. The Morgan fingerprint density at radius 2 is 1.56 bits per heavy atom. The summed E-state index contributed by atoms with van der Waals surface area (Å²) in [7, 11) is 0. The summed E-state index contributed by atoms with van der Waals surface area (Å²) in [6.07, 6.45) is 6.53. The van der Waals surface area contributed by atoms with Crippen molar-refractivity contribution in [2.75, 3.05) is 6.61 Å². The Morgan fingerprint density at radius 3 is 2.00 bits per heavy atom. The summed E-state index contributed by atoms with van der Waals surface area (Å²) in [5.41, 5.74) is 1.54. The van der Waals surface area contributed by atoms with Crippen LogP contribution in [0.3, 0.4) is 0 Å². The Hall–Kier alpha value is -3.09. The van der Waals surface area contributed by atoms with Crippen molar-refractivity contribution in [2.45, 2.75) is 26.2 Å². The molecule has 0 saturated carbocycles. The van der Waals surface area contributed by atoms with Crippen molar-refractivity contribution >= 4 is 17.7 Å². The molecule has 2 rings (SSSR count). The number of ether oxygens (including phenoxy) is 1. The molecule has 0 unspecified atom stereocenters. The Labute approximate surface area is 145 Å². The predicted molar refractivity (Wildman–Crippen MR) is 89.8 cm³/mol. The van der Waals surface area contributed by atoms with E-state index in [1.807, 2.05) is 0 Å². The van der Waals surface area contributed by atoms with Gasteiger partial charge in [0.05, 0.1) is 13.0 Å². The third-order valence-electron chi connectivity index (χ3n) is 2.85. The van der Waals surface area contributed by atoms with Gasteiger partial charge < -0.3 is 9.84 Å². The number of hydrogen-bond acceptors (Lipinski definition) is 6. The molecular weight excluding hydrogens is 324 g/mol. The highest BCUT2D eigenvalue weighted by Crippen LogP contribution is 2.00. The molecule has 0 aliphatic carbocycles. The first kappa shape index (κ1) is 20.0. The largest absolute Gasteiger partial charge is 0.481 e. The van der Waals surface area contributed by atoms with E-state index < -0.39 is 11.9 Å². The van der Waals surface area contributed by atoms with Crippen molar-refractivity contribution in [3.05, 3.63) is 60.2 Å². The number of aliphatic carboxylic acids is 1. The second-order valence-corrected chi connectivity index (χ2v) is 4.99. The fourth-order valence-corrected chi connectivity index (χ4v) is 1.84. The second kappa shape index (κ2) is 11.4. The SMILES string of the molecule is CCOC(=O)CC(=O)Cc1cccnc1.O=C(O)Cc1cccnc1. The van der Waals surface area contributed by atoms with Gasteiger partial charge in [-0.25, -0.2) is 0 Å². The highest BCUT2D eigenvalue weighted by molar-refractivity contribution is 5.96. The van der Waals surface area contributed by atoms with Gasteiger partial charge in [0.2, 0.25) is 0 Å². The number of nitrogens with zero attached hydrogens (tertiary/aromatic N) is 2. The molecule has 0 aromatic carbocycles. The summed E-state index contributed by atoms with van der Waals surface area (Å²) in [5.74, 6) is -1.44. The van der Waals surface area contributed by atoms with Crippen LogP contribution in [0.1, 0.15) is 24.5 Å². The van der Waals surface area contributed by atoms with E-state index in [0.717, 1.165) is 11.1 Å². The van der Waals surface area contributed by atoms with Crippen molar-refractivity contribution < 1.29 is 24.2 Å². The van der Waals surface area contributed by atoms with Crippen LogP contribution in [0.25, 0.3) is 0 Å². The van der Waals surface area contributed by atoms with Crippen LogP contribution in [0.4, 0.5) is 0 Å². The van der Waals surface area contributed by atoms with Gasteiger partial charge in [-0.3, -0.25) is 24.4 Å². The van der Waals surface area contributed by atoms with E-state index in [9.17, 15) is 14.4 Å². The zero-order valence-electron chi connectivity index (χ0n) is 13.9. The van der Waals surface area contributed by atoms with Gasteiger partial charge in [0, 0.05) is 31.2 Å². The highest BCUT2D eigenvalue weighted by Gasteiger charge is 2.10. The zero-order chi connectivity index (χ0) is 18.5. The zero-order valence-corrected chi connectivity index (χ0v) is 13.9. The Bertz CT molecular complexity index is 674. The normalized spacial score (nSPS) is 9.48. The molecule has 7 heteroatoms. The molecule has 0 amide bonds. The second-order valence-electron chi connectivity index (χ2n) is 4.99. The van der Waals surface area contributed by atoms with Gasteiger partial charge in [0.25, 0.3) is 0 Å². The maximum atomic E-state index is 11.4. The van der Waals surface area contributed by atoms with Crippen LogP contribution in [-0.2, 0) is 32.0 Å². The Morgan fingerprint density at radius 1 is 1.00 bits per heavy atom. The highest BCUT2D eigenvalue weighted by atomic mass is 16.5. The van der Waals surface area contributed by atoms with Crippen molar-refractivity contribution in [3.8, 4) is 0 Å². The maximum absolute atomic E-state index is 11.4. The lowest BCUT2D eigenvalue weighted by Gasteiger charge is -2.01. The molecule has 2 aromatic rings. The first-order chi connectivity index (χ1) is 12.0. The number of carboxylic acids is 1. The molecule has 0 radical (unpaired) electrons. The number of carboxylic acid groups (broad SMARTS) is 1. The van der Waals surface area contributed by atoms with Crippen LogP contribution in [0, 0.1) is 0 Å². The van der Waals surface area contributed by atoms with Crippen molar-refractivity contribution in [2.24, 2.45) is 0 Å². The number of aromatic nitrogens is 2. The van der Waals surface area contributed by atoms with E-state index >= 15 is 0 Å². The smallest absolute Gasteiger partial charge is 0.313 e. The Balaban J connectivity index is 0.000000271. The minimum absolute atomic E-state index is 0.0494. The summed E-state index contributed by atoms with van der Waals surface area (Å²) >= 11 is 0. The monoisotopic (exact) mass is 344 g/mol. The molecule has 7 nitrogen and oxygen atoms in total. The van der Waals surface area contributed by atoms with Crippen LogP contribution in [0.5, 0.6) is 0 Å². The predicted octanol–water partition coefficient (Wildman–Crippen LogP) is 1.86. The first-order valence-corrected chi connectivity index (χ1v) is 7.68. The van der Waals surface area contributed by atoms with Crippen LogP contribution >= 0.6 is 0 Å². The Kier molecular flexibility index (Phi) is 9.14. The van der Waals surface area contributed by atoms with Crippen molar-refractivity contribution in [1.82, 2.24) is 9.97 Å². The number of Topliss-reactive ketones (excluding diaryl/α,β-unsaturated/α-hetero) is 1. The van der Waals surface area contributed by atoms with Gasteiger partial charge in [-0.05, 0) is 30.2 Å². The molecule has 0 aliphatic heterocycles. The number of hydrogen-bond donors (Lipinski definition) is 1. The molecule has 0 bridgehead atoms. The summed E-state index contributed by atoms with van der Waals surface area (Å²) in [6.45, 7) is 2.02. The summed E-state index contributed by atoms with van der Waals surface area (Å²) in [4.78, 5) is 40.2. The molecule has 0 aliphatic rings. The fraction of sp³-hybridized carbons (Fsp3) is 0.278. The molecular formula is C18H20N2O5. The van der Waals surface area contributed by atoms with Crippen molar-refractivity contribution in [3.63, 3.8) is 0 Å². The van der Waals surface area contributed by atoms with E-state index in [4.69, 9.17) is 5.11 Å². The van der Waals surface area contributed by atoms with Gasteiger partial charge in [-0.1, -0.05) is 12.1 Å².